The Morgan fingerprint density at radius 2 is 1.93 bits per heavy atom. The first kappa shape index (κ1) is 19.8. The van der Waals surface area contributed by atoms with Crippen molar-refractivity contribution >= 4 is 15.8 Å². The van der Waals surface area contributed by atoms with Gasteiger partial charge in [-0.05, 0) is 49.9 Å². The number of anilines is 1. The number of rotatable bonds is 7. The van der Waals surface area contributed by atoms with E-state index in [9.17, 15) is 8.42 Å². The SMILES string of the molecule is CCCCNc1ccc([C@H]2CCCCN2S(=O)(=O)c2ccc(C)cc2)cn1. The lowest BCUT2D eigenvalue weighted by Crippen LogP contribution is -2.38. The third kappa shape index (κ3) is 4.68. The molecule has 1 aliphatic rings. The summed E-state index contributed by atoms with van der Waals surface area (Å²) in [6.45, 7) is 5.57. The number of benzene rings is 1. The Balaban J connectivity index is 1.82. The lowest BCUT2D eigenvalue weighted by atomic mass is 9.99. The second kappa shape index (κ2) is 8.85. The highest BCUT2D eigenvalue weighted by atomic mass is 32.2. The van der Waals surface area contributed by atoms with Crippen LogP contribution in [0.25, 0.3) is 0 Å². The number of nitrogens with one attached hydrogen (secondary N) is 1. The average Bonchev–Trinajstić information content (AvgIpc) is 2.69. The zero-order valence-corrected chi connectivity index (χ0v) is 17.0. The summed E-state index contributed by atoms with van der Waals surface area (Å²) in [7, 11) is -3.51. The quantitative estimate of drug-likeness (QED) is 0.710. The van der Waals surface area contributed by atoms with Crippen molar-refractivity contribution < 1.29 is 8.42 Å². The van der Waals surface area contributed by atoms with Crippen molar-refractivity contribution in [3.05, 3.63) is 53.7 Å². The molecule has 1 aromatic heterocycles. The summed E-state index contributed by atoms with van der Waals surface area (Å²) in [5.74, 6) is 0.843. The van der Waals surface area contributed by atoms with Gasteiger partial charge in [-0.3, -0.25) is 0 Å². The van der Waals surface area contributed by atoms with E-state index in [1.165, 1.54) is 0 Å². The zero-order chi connectivity index (χ0) is 19.3. The first-order valence-electron chi connectivity index (χ1n) is 9.80. The summed E-state index contributed by atoms with van der Waals surface area (Å²) < 4.78 is 28.1. The van der Waals surface area contributed by atoms with Crippen LogP contribution in [0.5, 0.6) is 0 Å². The maximum absolute atomic E-state index is 13.2. The van der Waals surface area contributed by atoms with E-state index in [-0.39, 0.29) is 6.04 Å². The van der Waals surface area contributed by atoms with E-state index in [4.69, 9.17) is 0 Å². The van der Waals surface area contributed by atoms with Gasteiger partial charge in [-0.2, -0.15) is 4.31 Å². The van der Waals surface area contributed by atoms with Gasteiger partial charge in [-0.1, -0.05) is 43.5 Å². The lowest BCUT2D eigenvalue weighted by Gasteiger charge is -2.35. The van der Waals surface area contributed by atoms with E-state index in [0.717, 1.165) is 55.6 Å². The molecule has 1 aliphatic heterocycles. The van der Waals surface area contributed by atoms with Gasteiger partial charge in [0, 0.05) is 19.3 Å². The fourth-order valence-electron chi connectivity index (χ4n) is 3.47. The number of aryl methyl sites for hydroxylation is 1. The summed E-state index contributed by atoms with van der Waals surface area (Å²) in [5.41, 5.74) is 2.02. The van der Waals surface area contributed by atoms with Gasteiger partial charge in [-0.15, -0.1) is 0 Å². The predicted molar refractivity (Wildman–Crippen MR) is 109 cm³/mol. The van der Waals surface area contributed by atoms with Crippen molar-refractivity contribution in [2.75, 3.05) is 18.4 Å². The van der Waals surface area contributed by atoms with Gasteiger partial charge in [0.05, 0.1) is 10.9 Å². The first-order chi connectivity index (χ1) is 13.0. The largest absolute Gasteiger partial charge is 0.370 e. The highest BCUT2D eigenvalue weighted by Crippen LogP contribution is 2.35. The third-order valence-electron chi connectivity index (χ3n) is 5.09. The number of aromatic nitrogens is 1. The van der Waals surface area contributed by atoms with Crippen molar-refractivity contribution in [2.24, 2.45) is 0 Å². The standard InChI is InChI=1S/C21H29N3O2S/c1-3-4-14-22-21-13-10-18(16-23-21)20-7-5-6-15-24(20)27(25,26)19-11-8-17(2)9-12-19/h8-13,16,20H,3-7,14-15H2,1-2H3,(H,22,23)/t20-/m1/s1. The molecular weight excluding hydrogens is 358 g/mol. The molecule has 0 bridgehead atoms. The summed E-state index contributed by atoms with van der Waals surface area (Å²) in [6.07, 6.45) is 6.82. The maximum Gasteiger partial charge on any atom is 0.243 e. The normalized spacial score (nSPS) is 18.4. The molecule has 2 aromatic rings. The number of piperidine rings is 1. The molecule has 0 radical (unpaired) electrons. The molecule has 2 heterocycles. The number of pyridine rings is 1. The minimum atomic E-state index is -3.51. The molecule has 1 aromatic carbocycles. The van der Waals surface area contributed by atoms with Crippen LogP contribution in [0.15, 0.2) is 47.5 Å². The molecule has 1 fully saturated rings. The van der Waals surface area contributed by atoms with E-state index in [0.29, 0.717) is 11.4 Å². The Bertz CT molecular complexity index is 833. The Morgan fingerprint density at radius 1 is 1.15 bits per heavy atom. The van der Waals surface area contributed by atoms with Crippen molar-refractivity contribution in [2.45, 2.75) is 56.9 Å². The third-order valence-corrected chi connectivity index (χ3v) is 7.01. The minimum Gasteiger partial charge on any atom is -0.370 e. The predicted octanol–water partition coefficient (Wildman–Crippen LogP) is 4.52. The topological polar surface area (TPSA) is 62.3 Å². The van der Waals surface area contributed by atoms with Crippen LogP contribution < -0.4 is 5.32 Å². The van der Waals surface area contributed by atoms with E-state index in [2.05, 4.69) is 17.2 Å². The molecule has 1 N–H and O–H groups in total. The van der Waals surface area contributed by atoms with Gasteiger partial charge < -0.3 is 5.32 Å². The molecule has 5 nitrogen and oxygen atoms in total. The molecule has 27 heavy (non-hydrogen) atoms. The van der Waals surface area contributed by atoms with Crippen LogP contribution in [-0.4, -0.2) is 30.8 Å². The van der Waals surface area contributed by atoms with Crippen LogP contribution in [0.1, 0.15) is 56.2 Å². The number of hydrogen-bond acceptors (Lipinski definition) is 4. The smallest absolute Gasteiger partial charge is 0.243 e. The zero-order valence-electron chi connectivity index (χ0n) is 16.2. The Hall–Kier alpha value is -1.92. The summed E-state index contributed by atoms with van der Waals surface area (Å²) in [6, 6.07) is 10.9. The molecule has 0 spiro atoms. The van der Waals surface area contributed by atoms with E-state index in [1.54, 1.807) is 16.4 Å². The summed E-state index contributed by atoms with van der Waals surface area (Å²) in [4.78, 5) is 4.86. The van der Waals surface area contributed by atoms with Gasteiger partial charge in [0.15, 0.2) is 0 Å². The molecule has 0 amide bonds. The molecule has 1 atom stereocenters. The highest BCUT2D eigenvalue weighted by molar-refractivity contribution is 7.89. The molecular formula is C21H29N3O2S. The molecule has 1 saturated heterocycles. The molecule has 0 unspecified atom stereocenters. The fourth-order valence-corrected chi connectivity index (χ4v) is 5.15. The molecule has 0 aliphatic carbocycles. The molecule has 3 rings (SSSR count). The Kier molecular flexibility index (Phi) is 6.50. The van der Waals surface area contributed by atoms with Crippen molar-refractivity contribution in [3.63, 3.8) is 0 Å². The number of unbranched alkanes of at least 4 members (excludes halogenated alkanes) is 1. The Morgan fingerprint density at radius 3 is 2.59 bits per heavy atom. The van der Waals surface area contributed by atoms with Gasteiger partial charge in [0.2, 0.25) is 10.0 Å². The van der Waals surface area contributed by atoms with Crippen LogP contribution in [0.3, 0.4) is 0 Å². The second-order valence-corrected chi connectivity index (χ2v) is 9.09. The van der Waals surface area contributed by atoms with Gasteiger partial charge in [0.25, 0.3) is 0 Å². The Labute approximate surface area is 162 Å². The maximum atomic E-state index is 13.2. The van der Waals surface area contributed by atoms with Crippen LogP contribution in [0.2, 0.25) is 0 Å². The number of sulfonamides is 1. The highest BCUT2D eigenvalue weighted by Gasteiger charge is 2.34. The second-order valence-electron chi connectivity index (χ2n) is 7.20. The average molecular weight is 388 g/mol. The van der Waals surface area contributed by atoms with E-state index < -0.39 is 10.0 Å². The van der Waals surface area contributed by atoms with Gasteiger partial charge in [-0.25, -0.2) is 13.4 Å². The monoisotopic (exact) mass is 387 g/mol. The lowest BCUT2D eigenvalue weighted by molar-refractivity contribution is 0.255. The molecule has 146 valence electrons. The minimum absolute atomic E-state index is 0.151. The van der Waals surface area contributed by atoms with Crippen LogP contribution in [0.4, 0.5) is 5.82 Å². The van der Waals surface area contributed by atoms with Crippen LogP contribution >= 0.6 is 0 Å². The number of hydrogen-bond donors (Lipinski definition) is 1. The van der Waals surface area contributed by atoms with Gasteiger partial charge >= 0.3 is 0 Å². The van der Waals surface area contributed by atoms with Crippen molar-refractivity contribution in [1.82, 2.24) is 9.29 Å². The van der Waals surface area contributed by atoms with Crippen LogP contribution in [-0.2, 0) is 10.0 Å². The first-order valence-corrected chi connectivity index (χ1v) is 11.2. The molecule has 6 heteroatoms. The van der Waals surface area contributed by atoms with E-state index in [1.807, 2.05) is 37.4 Å². The summed E-state index contributed by atoms with van der Waals surface area (Å²) >= 11 is 0. The van der Waals surface area contributed by atoms with E-state index >= 15 is 0 Å². The summed E-state index contributed by atoms with van der Waals surface area (Å²) in [5, 5.41) is 3.31. The fraction of sp³-hybridized carbons (Fsp3) is 0.476. The van der Waals surface area contributed by atoms with Crippen LogP contribution in [0, 0.1) is 6.92 Å². The van der Waals surface area contributed by atoms with Gasteiger partial charge in [0.1, 0.15) is 5.82 Å². The number of nitrogens with zero attached hydrogens (tertiary/aromatic N) is 2. The van der Waals surface area contributed by atoms with Crippen molar-refractivity contribution in [3.8, 4) is 0 Å². The molecule has 0 saturated carbocycles. The van der Waals surface area contributed by atoms with Crippen molar-refractivity contribution in [1.29, 1.82) is 0 Å².